The average Bonchev–Trinajstić information content (AvgIpc) is 2.96. The van der Waals surface area contributed by atoms with Gasteiger partial charge in [0.15, 0.2) is 28.8 Å². The van der Waals surface area contributed by atoms with Gasteiger partial charge in [0.2, 0.25) is 0 Å². The highest BCUT2D eigenvalue weighted by atomic mass is 16.5. The normalized spacial score (nSPS) is 18.4. The first-order valence-corrected chi connectivity index (χ1v) is 13.5. The molecule has 0 bridgehead atoms. The fraction of sp³-hybridized carbons (Fsp3) is 0.273. The van der Waals surface area contributed by atoms with E-state index in [-0.39, 0.29) is 29.8 Å². The number of Topliss-reactive ketones (excluding diaryl/α,β-unsaturated/α-hetero) is 1. The summed E-state index contributed by atoms with van der Waals surface area (Å²) in [6, 6.07) is 18.3. The van der Waals surface area contributed by atoms with Gasteiger partial charge in [-0.2, -0.15) is 0 Å². The van der Waals surface area contributed by atoms with Crippen LogP contribution in [0.25, 0.3) is 0 Å². The molecule has 2 aliphatic rings. The molecule has 5 rings (SSSR count). The van der Waals surface area contributed by atoms with E-state index < -0.39 is 5.92 Å². The number of hydrogen-bond acceptors (Lipinski definition) is 7. The lowest BCUT2D eigenvalue weighted by atomic mass is 9.71. The first-order valence-electron chi connectivity index (χ1n) is 13.5. The molecule has 1 amide bonds. The van der Waals surface area contributed by atoms with Crippen LogP contribution in [0.3, 0.4) is 0 Å². The number of aryl methyl sites for hydroxylation is 1. The highest BCUT2D eigenvalue weighted by molar-refractivity contribution is 6.10. The number of dihydropyridines is 1. The van der Waals surface area contributed by atoms with Crippen LogP contribution in [-0.2, 0) is 9.59 Å². The zero-order valence-corrected chi connectivity index (χ0v) is 23.8. The van der Waals surface area contributed by atoms with Crippen molar-refractivity contribution >= 4 is 17.4 Å². The van der Waals surface area contributed by atoms with E-state index >= 15 is 0 Å². The van der Waals surface area contributed by atoms with Gasteiger partial charge in [-0.3, -0.25) is 9.59 Å². The van der Waals surface area contributed by atoms with Gasteiger partial charge >= 0.3 is 0 Å². The maximum absolute atomic E-state index is 14.0. The number of para-hydroxylation sites is 1. The summed E-state index contributed by atoms with van der Waals surface area (Å²) >= 11 is 0. The molecule has 0 fully saturated rings. The Morgan fingerprint density at radius 1 is 0.878 bits per heavy atom. The van der Waals surface area contributed by atoms with Crippen LogP contribution in [0.15, 0.2) is 83.2 Å². The number of phenolic OH excluding ortho intramolecular Hbond substituents is 1. The Hall–Kier alpha value is -4.72. The van der Waals surface area contributed by atoms with E-state index in [1.165, 1.54) is 7.11 Å². The van der Waals surface area contributed by atoms with E-state index in [1.54, 1.807) is 32.4 Å². The molecular formula is C33H34N2O6. The maximum Gasteiger partial charge on any atom is 0.254 e. The van der Waals surface area contributed by atoms with Gasteiger partial charge < -0.3 is 30.0 Å². The molecule has 0 saturated heterocycles. The van der Waals surface area contributed by atoms with Crippen molar-refractivity contribution < 1.29 is 28.9 Å². The van der Waals surface area contributed by atoms with E-state index in [9.17, 15) is 14.7 Å². The summed E-state index contributed by atoms with van der Waals surface area (Å²) in [5.74, 6) is 0.335. The number of nitrogens with one attached hydrogen (secondary N) is 2. The van der Waals surface area contributed by atoms with Crippen LogP contribution in [0, 0.1) is 6.92 Å². The third-order valence-corrected chi connectivity index (χ3v) is 7.88. The van der Waals surface area contributed by atoms with Gasteiger partial charge in [0.1, 0.15) is 0 Å². The van der Waals surface area contributed by atoms with Gasteiger partial charge in [-0.05, 0) is 73.2 Å². The predicted octanol–water partition coefficient (Wildman–Crippen LogP) is 5.73. The van der Waals surface area contributed by atoms with Crippen molar-refractivity contribution in [2.75, 3.05) is 26.6 Å². The van der Waals surface area contributed by atoms with Gasteiger partial charge in [-0.25, -0.2) is 0 Å². The van der Waals surface area contributed by atoms with Crippen molar-refractivity contribution in [1.29, 1.82) is 0 Å². The SMILES string of the molecule is COc1ccc([C@@H]2C(C(=O)Nc3ccccc3C)=C(C)NC3=C2C(=O)C[C@H](c2ccc(OC)c(OC)c2)C3)cc1O. The minimum absolute atomic E-state index is 0.0616. The number of allylic oxidation sites excluding steroid dienone is 3. The molecule has 0 saturated carbocycles. The van der Waals surface area contributed by atoms with Gasteiger partial charge in [0.25, 0.3) is 5.91 Å². The van der Waals surface area contributed by atoms with Crippen molar-refractivity contribution in [3.05, 3.63) is 99.9 Å². The summed E-state index contributed by atoms with van der Waals surface area (Å²) in [4.78, 5) is 27.8. The Kier molecular flexibility index (Phi) is 7.75. The molecule has 1 heterocycles. The molecule has 41 heavy (non-hydrogen) atoms. The van der Waals surface area contributed by atoms with Crippen LogP contribution in [0.2, 0.25) is 0 Å². The van der Waals surface area contributed by atoms with Gasteiger partial charge in [-0.15, -0.1) is 0 Å². The third kappa shape index (κ3) is 5.25. The minimum atomic E-state index is -0.675. The van der Waals surface area contributed by atoms with Crippen molar-refractivity contribution in [3.63, 3.8) is 0 Å². The summed E-state index contributed by atoms with van der Waals surface area (Å²) in [6.07, 6.45) is 0.833. The number of ether oxygens (including phenoxy) is 3. The van der Waals surface area contributed by atoms with Gasteiger partial charge in [-0.1, -0.05) is 30.3 Å². The van der Waals surface area contributed by atoms with E-state index in [2.05, 4.69) is 10.6 Å². The number of rotatable bonds is 7. The fourth-order valence-electron chi connectivity index (χ4n) is 5.81. The smallest absolute Gasteiger partial charge is 0.254 e. The Balaban J connectivity index is 1.57. The van der Waals surface area contributed by atoms with Crippen molar-refractivity contribution in [2.45, 2.75) is 38.5 Å². The monoisotopic (exact) mass is 554 g/mol. The van der Waals surface area contributed by atoms with Crippen molar-refractivity contribution in [2.24, 2.45) is 0 Å². The minimum Gasteiger partial charge on any atom is -0.504 e. The van der Waals surface area contributed by atoms with Crippen LogP contribution >= 0.6 is 0 Å². The lowest BCUT2D eigenvalue weighted by Crippen LogP contribution is -2.37. The number of carbonyl (C=O) groups excluding carboxylic acids is 2. The highest BCUT2D eigenvalue weighted by Crippen LogP contribution is 2.47. The summed E-state index contributed by atoms with van der Waals surface area (Å²) in [6.45, 7) is 3.77. The maximum atomic E-state index is 14.0. The fourth-order valence-corrected chi connectivity index (χ4v) is 5.81. The number of amides is 1. The van der Waals surface area contributed by atoms with E-state index in [4.69, 9.17) is 14.2 Å². The Morgan fingerprint density at radius 3 is 2.24 bits per heavy atom. The number of anilines is 1. The standard InChI is InChI=1S/C33H34N2O6/c1-18-8-6-7-9-23(18)35-33(38)30-19(2)34-24-14-22(20-10-13-28(40-4)29(17-20)41-5)16-26(37)32(24)31(30)21-11-12-27(39-3)25(36)15-21/h6-13,15,17,22,31,34,36H,14,16H2,1-5H3,(H,35,38)/t22-,31-/m1/s1. The van der Waals surface area contributed by atoms with E-state index in [0.717, 1.165) is 16.8 Å². The number of aromatic hydroxyl groups is 1. The average molecular weight is 555 g/mol. The molecule has 3 aromatic rings. The zero-order chi connectivity index (χ0) is 29.3. The third-order valence-electron chi connectivity index (χ3n) is 7.88. The molecule has 2 atom stereocenters. The summed E-state index contributed by atoms with van der Waals surface area (Å²) in [5.41, 5.74) is 5.59. The Morgan fingerprint density at radius 2 is 1.56 bits per heavy atom. The number of benzene rings is 3. The molecule has 0 aromatic heterocycles. The molecule has 1 aliphatic heterocycles. The topological polar surface area (TPSA) is 106 Å². The Labute approximate surface area is 239 Å². The Bertz CT molecular complexity index is 1590. The van der Waals surface area contributed by atoms with Crippen LogP contribution in [0.5, 0.6) is 23.0 Å². The molecule has 0 spiro atoms. The number of methoxy groups -OCH3 is 3. The molecular weight excluding hydrogens is 520 g/mol. The molecule has 8 heteroatoms. The number of carbonyl (C=O) groups is 2. The molecule has 1 aliphatic carbocycles. The molecule has 3 N–H and O–H groups in total. The molecule has 0 radical (unpaired) electrons. The second-order valence-corrected chi connectivity index (χ2v) is 10.3. The van der Waals surface area contributed by atoms with E-state index in [0.29, 0.717) is 51.8 Å². The van der Waals surface area contributed by atoms with Gasteiger partial charge in [0, 0.05) is 40.6 Å². The summed E-state index contributed by atoms with van der Waals surface area (Å²) in [5, 5.41) is 17.1. The lowest BCUT2D eigenvalue weighted by molar-refractivity contribution is -0.116. The highest BCUT2D eigenvalue weighted by Gasteiger charge is 2.41. The largest absolute Gasteiger partial charge is 0.504 e. The second kappa shape index (κ2) is 11.4. The van der Waals surface area contributed by atoms with Crippen LogP contribution < -0.4 is 24.8 Å². The van der Waals surface area contributed by atoms with Crippen LogP contribution in [-0.4, -0.2) is 38.1 Å². The predicted molar refractivity (Wildman–Crippen MR) is 157 cm³/mol. The zero-order valence-electron chi connectivity index (χ0n) is 23.8. The second-order valence-electron chi connectivity index (χ2n) is 10.3. The van der Waals surface area contributed by atoms with Crippen LogP contribution in [0.4, 0.5) is 5.69 Å². The summed E-state index contributed by atoms with van der Waals surface area (Å²) in [7, 11) is 4.65. The molecule has 0 unspecified atom stereocenters. The van der Waals surface area contributed by atoms with Crippen molar-refractivity contribution in [3.8, 4) is 23.0 Å². The number of phenols is 1. The van der Waals surface area contributed by atoms with Crippen LogP contribution in [0.1, 0.15) is 48.3 Å². The van der Waals surface area contributed by atoms with Gasteiger partial charge in [0.05, 0.1) is 21.3 Å². The quantitative estimate of drug-likeness (QED) is 0.343. The summed E-state index contributed by atoms with van der Waals surface area (Å²) < 4.78 is 16.1. The number of ketones is 1. The lowest BCUT2D eigenvalue weighted by Gasteiger charge is -2.37. The molecule has 3 aromatic carbocycles. The first-order chi connectivity index (χ1) is 19.7. The van der Waals surface area contributed by atoms with Crippen molar-refractivity contribution in [1.82, 2.24) is 5.32 Å². The molecule has 212 valence electrons. The number of hydrogen-bond donors (Lipinski definition) is 3. The first kappa shape index (κ1) is 27.8. The van der Waals surface area contributed by atoms with E-state index in [1.807, 2.05) is 56.3 Å². The molecule has 8 nitrogen and oxygen atoms in total.